The molecule has 3 N–H and O–H groups in total. The minimum absolute atomic E-state index is 0.384. The zero-order chi connectivity index (χ0) is 15.1. The standard InChI is InChI=1S/C16H20BrN3S/c1-2-19-14(10-12-4-3-9-20-16(12)18)11-21-15-7-5-13(17)6-8-15/h3-9,14,19H,2,10-11H2,1H3,(H2,18,20). The number of nitrogens with zero attached hydrogens (tertiary/aromatic N) is 1. The molecule has 1 heterocycles. The first kappa shape index (κ1) is 16.3. The molecule has 0 aliphatic carbocycles. The van der Waals surface area contributed by atoms with Crippen LogP contribution in [0.1, 0.15) is 12.5 Å². The van der Waals surface area contributed by atoms with E-state index in [1.165, 1.54) is 4.90 Å². The summed E-state index contributed by atoms with van der Waals surface area (Å²) < 4.78 is 1.11. The van der Waals surface area contributed by atoms with Crippen LogP contribution in [0.3, 0.4) is 0 Å². The quantitative estimate of drug-likeness (QED) is 0.733. The van der Waals surface area contributed by atoms with Gasteiger partial charge in [-0.2, -0.15) is 0 Å². The summed E-state index contributed by atoms with van der Waals surface area (Å²) in [5.74, 6) is 1.64. The van der Waals surface area contributed by atoms with Gasteiger partial charge in [-0.1, -0.05) is 28.9 Å². The molecule has 0 aliphatic rings. The van der Waals surface area contributed by atoms with Crippen LogP contribution in [0.5, 0.6) is 0 Å². The van der Waals surface area contributed by atoms with Crippen molar-refractivity contribution in [3.63, 3.8) is 0 Å². The van der Waals surface area contributed by atoms with Gasteiger partial charge in [0.2, 0.25) is 0 Å². The van der Waals surface area contributed by atoms with Crippen molar-refractivity contribution in [3.8, 4) is 0 Å². The monoisotopic (exact) mass is 365 g/mol. The van der Waals surface area contributed by atoms with E-state index < -0.39 is 0 Å². The highest BCUT2D eigenvalue weighted by atomic mass is 79.9. The van der Waals surface area contributed by atoms with E-state index in [9.17, 15) is 0 Å². The van der Waals surface area contributed by atoms with E-state index in [1.54, 1.807) is 6.20 Å². The fraction of sp³-hybridized carbons (Fsp3) is 0.312. The number of aromatic nitrogens is 1. The Bertz CT molecular complexity index is 560. The first-order valence-corrected chi connectivity index (χ1v) is 8.78. The van der Waals surface area contributed by atoms with Gasteiger partial charge in [-0.25, -0.2) is 4.98 Å². The van der Waals surface area contributed by atoms with Crippen LogP contribution in [-0.2, 0) is 6.42 Å². The molecule has 0 amide bonds. The Kier molecular flexibility index (Phi) is 6.54. The Morgan fingerprint density at radius 1 is 1.29 bits per heavy atom. The lowest BCUT2D eigenvalue weighted by atomic mass is 10.1. The minimum atomic E-state index is 0.384. The molecule has 1 aromatic heterocycles. The minimum Gasteiger partial charge on any atom is -0.383 e. The number of halogens is 1. The number of pyridine rings is 1. The molecule has 1 aromatic carbocycles. The third-order valence-electron chi connectivity index (χ3n) is 3.15. The van der Waals surface area contributed by atoms with Crippen molar-refractivity contribution < 1.29 is 0 Å². The first-order chi connectivity index (χ1) is 10.2. The number of nitrogens with one attached hydrogen (secondary N) is 1. The van der Waals surface area contributed by atoms with Crippen molar-refractivity contribution in [2.75, 3.05) is 18.0 Å². The summed E-state index contributed by atoms with van der Waals surface area (Å²) in [6.07, 6.45) is 2.63. The van der Waals surface area contributed by atoms with E-state index >= 15 is 0 Å². The summed E-state index contributed by atoms with van der Waals surface area (Å²) >= 11 is 5.32. The maximum atomic E-state index is 5.94. The Morgan fingerprint density at radius 3 is 2.71 bits per heavy atom. The lowest BCUT2D eigenvalue weighted by Crippen LogP contribution is -2.33. The largest absolute Gasteiger partial charge is 0.383 e. The van der Waals surface area contributed by atoms with Crippen LogP contribution in [0.25, 0.3) is 0 Å². The normalized spacial score (nSPS) is 12.3. The van der Waals surface area contributed by atoms with E-state index in [0.717, 1.165) is 28.8 Å². The third kappa shape index (κ3) is 5.34. The highest BCUT2D eigenvalue weighted by Crippen LogP contribution is 2.22. The van der Waals surface area contributed by atoms with Crippen LogP contribution >= 0.6 is 27.7 Å². The molecule has 21 heavy (non-hydrogen) atoms. The molecular formula is C16H20BrN3S. The van der Waals surface area contributed by atoms with Gasteiger partial charge in [0.15, 0.2) is 0 Å². The van der Waals surface area contributed by atoms with Crippen LogP contribution in [0.2, 0.25) is 0 Å². The molecule has 5 heteroatoms. The molecule has 1 unspecified atom stereocenters. The smallest absolute Gasteiger partial charge is 0.126 e. The molecule has 1 atom stereocenters. The van der Waals surface area contributed by atoms with Crippen molar-refractivity contribution in [1.29, 1.82) is 0 Å². The average Bonchev–Trinajstić information content (AvgIpc) is 2.49. The zero-order valence-electron chi connectivity index (χ0n) is 12.1. The predicted octanol–water partition coefficient (Wildman–Crippen LogP) is 3.74. The van der Waals surface area contributed by atoms with Crippen LogP contribution in [-0.4, -0.2) is 23.3 Å². The molecule has 0 radical (unpaired) electrons. The molecular weight excluding hydrogens is 346 g/mol. The average molecular weight is 366 g/mol. The lowest BCUT2D eigenvalue weighted by Gasteiger charge is -2.18. The van der Waals surface area contributed by atoms with Crippen LogP contribution in [0.15, 0.2) is 52.0 Å². The first-order valence-electron chi connectivity index (χ1n) is 7.00. The molecule has 0 spiro atoms. The van der Waals surface area contributed by atoms with Gasteiger partial charge in [-0.05, 0) is 48.9 Å². The highest BCUT2D eigenvalue weighted by molar-refractivity contribution is 9.10. The molecule has 112 valence electrons. The predicted molar refractivity (Wildman–Crippen MR) is 94.7 cm³/mol. The number of hydrogen-bond acceptors (Lipinski definition) is 4. The van der Waals surface area contributed by atoms with E-state index in [4.69, 9.17) is 5.73 Å². The third-order valence-corrected chi connectivity index (χ3v) is 4.85. The summed E-state index contributed by atoms with van der Waals surface area (Å²) in [6.45, 7) is 3.08. The highest BCUT2D eigenvalue weighted by Gasteiger charge is 2.11. The SMILES string of the molecule is CCNC(CSc1ccc(Br)cc1)Cc1cccnc1N. The second-order valence-electron chi connectivity index (χ2n) is 4.77. The summed E-state index contributed by atoms with van der Waals surface area (Å²) in [4.78, 5) is 5.44. The van der Waals surface area contributed by atoms with Gasteiger partial charge >= 0.3 is 0 Å². The zero-order valence-corrected chi connectivity index (χ0v) is 14.5. The number of nitrogens with two attached hydrogens (primary N) is 1. The Morgan fingerprint density at radius 2 is 2.05 bits per heavy atom. The van der Waals surface area contributed by atoms with Gasteiger partial charge < -0.3 is 11.1 Å². The summed E-state index contributed by atoms with van der Waals surface area (Å²) in [5.41, 5.74) is 7.05. The molecule has 0 aliphatic heterocycles. The summed E-state index contributed by atoms with van der Waals surface area (Å²) in [5, 5.41) is 3.53. The van der Waals surface area contributed by atoms with E-state index in [0.29, 0.717) is 11.9 Å². The van der Waals surface area contributed by atoms with E-state index in [1.807, 2.05) is 17.8 Å². The molecule has 0 fully saturated rings. The van der Waals surface area contributed by atoms with Gasteiger partial charge in [0.25, 0.3) is 0 Å². The molecule has 0 bridgehead atoms. The topological polar surface area (TPSA) is 50.9 Å². The number of benzene rings is 1. The van der Waals surface area contributed by atoms with E-state index in [2.05, 4.69) is 63.5 Å². The maximum absolute atomic E-state index is 5.94. The van der Waals surface area contributed by atoms with Crippen molar-refractivity contribution in [2.24, 2.45) is 0 Å². The molecule has 0 saturated carbocycles. The summed E-state index contributed by atoms with van der Waals surface area (Å²) in [7, 11) is 0. The van der Waals surface area contributed by atoms with Gasteiger partial charge in [0.05, 0.1) is 0 Å². The van der Waals surface area contributed by atoms with Gasteiger partial charge in [-0.15, -0.1) is 11.8 Å². The molecule has 0 saturated heterocycles. The number of likely N-dealkylation sites (N-methyl/N-ethyl adjacent to an activating group) is 1. The van der Waals surface area contributed by atoms with Crippen LogP contribution in [0.4, 0.5) is 5.82 Å². The number of anilines is 1. The number of nitrogen functional groups attached to an aromatic ring is 1. The molecule has 2 aromatic rings. The number of rotatable bonds is 7. The fourth-order valence-electron chi connectivity index (χ4n) is 2.10. The van der Waals surface area contributed by atoms with Crippen LogP contribution in [0, 0.1) is 0 Å². The Labute approximate surface area is 138 Å². The van der Waals surface area contributed by atoms with E-state index in [-0.39, 0.29) is 0 Å². The number of thioether (sulfide) groups is 1. The molecule has 3 nitrogen and oxygen atoms in total. The summed E-state index contributed by atoms with van der Waals surface area (Å²) in [6, 6.07) is 12.8. The van der Waals surface area contributed by atoms with Crippen molar-refractivity contribution >= 4 is 33.5 Å². The maximum Gasteiger partial charge on any atom is 0.126 e. The Hall–Kier alpha value is -1.04. The van der Waals surface area contributed by atoms with Crippen LogP contribution < -0.4 is 11.1 Å². The van der Waals surface area contributed by atoms with Crippen molar-refractivity contribution in [2.45, 2.75) is 24.3 Å². The molecule has 2 rings (SSSR count). The van der Waals surface area contributed by atoms with Gasteiger partial charge in [0.1, 0.15) is 5.82 Å². The lowest BCUT2D eigenvalue weighted by molar-refractivity contribution is 0.572. The second kappa shape index (κ2) is 8.41. The Balaban J connectivity index is 1.95. The fourth-order valence-corrected chi connectivity index (χ4v) is 3.32. The van der Waals surface area contributed by atoms with Crippen molar-refractivity contribution in [1.82, 2.24) is 10.3 Å². The van der Waals surface area contributed by atoms with Crippen molar-refractivity contribution in [3.05, 3.63) is 52.6 Å². The second-order valence-corrected chi connectivity index (χ2v) is 6.78. The van der Waals surface area contributed by atoms with Gasteiger partial charge in [-0.3, -0.25) is 0 Å². The number of hydrogen-bond donors (Lipinski definition) is 2. The van der Waals surface area contributed by atoms with Gasteiger partial charge in [0, 0.05) is 27.4 Å².